The highest BCUT2D eigenvalue weighted by molar-refractivity contribution is 5.75. The third-order valence-electron chi connectivity index (χ3n) is 2.17. The van der Waals surface area contributed by atoms with Crippen LogP contribution >= 0.6 is 0 Å². The minimum absolute atomic E-state index is 0.0319. The van der Waals surface area contributed by atoms with Crippen LogP contribution < -0.4 is 5.32 Å². The Morgan fingerprint density at radius 2 is 2.00 bits per heavy atom. The first-order chi connectivity index (χ1) is 7.68. The van der Waals surface area contributed by atoms with Crippen LogP contribution in [0.5, 0.6) is 0 Å². The van der Waals surface area contributed by atoms with Crippen LogP contribution in [0, 0.1) is 0 Å². The molecule has 1 amide bonds. The molecule has 0 fully saturated rings. The second-order valence-electron chi connectivity index (χ2n) is 3.95. The van der Waals surface area contributed by atoms with Crippen LogP contribution in [0.4, 0.5) is 0 Å². The molecule has 0 atom stereocenters. The molecule has 0 heterocycles. The summed E-state index contributed by atoms with van der Waals surface area (Å²) >= 11 is 0. The molecule has 0 aliphatic rings. The van der Waals surface area contributed by atoms with Gasteiger partial charge in [-0.2, -0.15) is 0 Å². The molecule has 3 heteroatoms. The molecule has 1 N–H and O–H groups in total. The molecule has 1 rings (SSSR count). The summed E-state index contributed by atoms with van der Waals surface area (Å²) in [7, 11) is 0. The maximum atomic E-state index is 11.4. The number of hydrogen-bond donors (Lipinski definition) is 1. The normalized spacial score (nSPS) is 10.4. The Morgan fingerprint density at radius 3 is 2.62 bits per heavy atom. The molecular weight excluding hydrogens is 202 g/mol. The predicted octanol–water partition coefficient (Wildman–Crippen LogP) is 2.12. The molecule has 1 aromatic carbocycles. The van der Waals surface area contributed by atoms with E-state index in [4.69, 9.17) is 4.74 Å². The van der Waals surface area contributed by atoms with Crippen molar-refractivity contribution in [2.75, 3.05) is 6.73 Å². The first-order valence-electron chi connectivity index (χ1n) is 5.60. The Morgan fingerprint density at radius 1 is 1.31 bits per heavy atom. The molecule has 0 aliphatic heterocycles. The topological polar surface area (TPSA) is 38.3 Å². The van der Waals surface area contributed by atoms with Crippen LogP contribution in [0.1, 0.15) is 25.8 Å². The lowest BCUT2D eigenvalue weighted by Gasteiger charge is -2.08. The number of rotatable bonds is 6. The summed E-state index contributed by atoms with van der Waals surface area (Å²) in [5, 5.41) is 2.72. The molecule has 0 unspecified atom stereocenters. The highest BCUT2D eigenvalue weighted by atomic mass is 16.5. The van der Waals surface area contributed by atoms with E-state index in [9.17, 15) is 4.79 Å². The van der Waals surface area contributed by atoms with Crippen molar-refractivity contribution in [1.29, 1.82) is 0 Å². The van der Waals surface area contributed by atoms with Crippen molar-refractivity contribution in [1.82, 2.24) is 5.32 Å². The van der Waals surface area contributed by atoms with Crippen LogP contribution in [0.2, 0.25) is 0 Å². The van der Waals surface area contributed by atoms with Crippen molar-refractivity contribution >= 4 is 5.91 Å². The van der Waals surface area contributed by atoms with Crippen LogP contribution in [-0.2, 0) is 16.0 Å². The first kappa shape index (κ1) is 12.7. The number of carbonyl (C=O) groups excluding carboxylic acids is 1. The van der Waals surface area contributed by atoms with Gasteiger partial charge in [-0.05, 0) is 25.8 Å². The van der Waals surface area contributed by atoms with E-state index in [1.165, 1.54) is 5.56 Å². The number of benzene rings is 1. The van der Waals surface area contributed by atoms with Gasteiger partial charge in [0.15, 0.2) is 0 Å². The van der Waals surface area contributed by atoms with E-state index in [1.807, 2.05) is 44.2 Å². The number of hydrogen-bond acceptors (Lipinski definition) is 2. The van der Waals surface area contributed by atoms with Gasteiger partial charge in [0.2, 0.25) is 5.91 Å². The van der Waals surface area contributed by atoms with E-state index < -0.39 is 0 Å². The quantitative estimate of drug-likeness (QED) is 0.747. The van der Waals surface area contributed by atoms with Gasteiger partial charge in [0, 0.05) is 6.42 Å². The molecule has 0 saturated carbocycles. The molecular formula is C13H19NO2. The lowest BCUT2D eigenvalue weighted by atomic mass is 10.1. The largest absolute Gasteiger partial charge is 0.359 e. The molecule has 3 nitrogen and oxygen atoms in total. The van der Waals surface area contributed by atoms with Crippen LogP contribution in [0.15, 0.2) is 30.3 Å². The Bertz CT molecular complexity index is 309. The monoisotopic (exact) mass is 221 g/mol. The summed E-state index contributed by atoms with van der Waals surface area (Å²) in [6.45, 7) is 4.18. The lowest BCUT2D eigenvalue weighted by molar-refractivity contribution is -0.123. The Labute approximate surface area is 96.8 Å². The third kappa shape index (κ3) is 5.51. The standard InChI is InChI=1S/C13H19NO2/c1-11(2)16-10-14-13(15)9-8-12-6-4-3-5-7-12/h3-7,11H,8-10H2,1-2H3,(H,14,15). The first-order valence-corrected chi connectivity index (χ1v) is 5.60. The zero-order valence-corrected chi connectivity index (χ0v) is 9.90. The van der Waals surface area contributed by atoms with Crippen LogP contribution in [-0.4, -0.2) is 18.7 Å². The van der Waals surface area contributed by atoms with Gasteiger partial charge in [0.1, 0.15) is 6.73 Å². The van der Waals surface area contributed by atoms with Gasteiger partial charge < -0.3 is 10.1 Å². The van der Waals surface area contributed by atoms with Crippen LogP contribution in [0.3, 0.4) is 0 Å². The number of aryl methyl sites for hydroxylation is 1. The minimum Gasteiger partial charge on any atom is -0.359 e. The smallest absolute Gasteiger partial charge is 0.222 e. The number of nitrogens with one attached hydrogen (secondary N) is 1. The summed E-state index contributed by atoms with van der Waals surface area (Å²) in [6.07, 6.45) is 1.43. The summed E-state index contributed by atoms with van der Waals surface area (Å²) in [4.78, 5) is 11.4. The summed E-state index contributed by atoms with van der Waals surface area (Å²) in [5.74, 6) is 0.0319. The van der Waals surface area contributed by atoms with Gasteiger partial charge in [-0.25, -0.2) is 0 Å². The fourth-order valence-electron chi connectivity index (χ4n) is 1.28. The second kappa shape index (κ2) is 7.01. The summed E-state index contributed by atoms with van der Waals surface area (Å²) < 4.78 is 5.23. The Hall–Kier alpha value is -1.35. The number of ether oxygens (including phenoxy) is 1. The molecule has 88 valence electrons. The van der Waals surface area contributed by atoms with Gasteiger partial charge in [-0.3, -0.25) is 4.79 Å². The molecule has 1 aromatic rings. The summed E-state index contributed by atoms with van der Waals surface area (Å²) in [6, 6.07) is 9.99. The zero-order chi connectivity index (χ0) is 11.8. The van der Waals surface area contributed by atoms with E-state index in [-0.39, 0.29) is 12.0 Å². The fourth-order valence-corrected chi connectivity index (χ4v) is 1.28. The molecule has 0 radical (unpaired) electrons. The average molecular weight is 221 g/mol. The minimum atomic E-state index is 0.0319. The lowest BCUT2D eigenvalue weighted by Crippen LogP contribution is -2.27. The molecule has 0 saturated heterocycles. The van der Waals surface area contributed by atoms with Crippen molar-refractivity contribution in [3.63, 3.8) is 0 Å². The molecule has 0 bridgehead atoms. The van der Waals surface area contributed by atoms with Gasteiger partial charge >= 0.3 is 0 Å². The highest BCUT2D eigenvalue weighted by Gasteiger charge is 2.01. The van der Waals surface area contributed by atoms with Gasteiger partial charge in [0.05, 0.1) is 6.10 Å². The van der Waals surface area contributed by atoms with Crippen molar-refractivity contribution in [3.8, 4) is 0 Å². The maximum Gasteiger partial charge on any atom is 0.222 e. The Balaban J connectivity index is 2.16. The number of carbonyl (C=O) groups is 1. The van der Waals surface area contributed by atoms with E-state index in [0.717, 1.165) is 6.42 Å². The van der Waals surface area contributed by atoms with E-state index in [2.05, 4.69) is 5.32 Å². The molecule has 0 aliphatic carbocycles. The maximum absolute atomic E-state index is 11.4. The highest BCUT2D eigenvalue weighted by Crippen LogP contribution is 2.01. The van der Waals surface area contributed by atoms with Crippen molar-refractivity contribution in [2.45, 2.75) is 32.8 Å². The van der Waals surface area contributed by atoms with E-state index in [1.54, 1.807) is 0 Å². The summed E-state index contributed by atoms with van der Waals surface area (Å²) in [5.41, 5.74) is 1.18. The SMILES string of the molecule is CC(C)OCNC(=O)CCc1ccccc1. The number of amides is 1. The van der Waals surface area contributed by atoms with Crippen LogP contribution in [0.25, 0.3) is 0 Å². The van der Waals surface area contributed by atoms with Gasteiger partial charge in [-0.1, -0.05) is 30.3 Å². The predicted molar refractivity (Wildman–Crippen MR) is 64.0 cm³/mol. The average Bonchev–Trinajstić information content (AvgIpc) is 2.27. The molecule has 0 spiro atoms. The molecule has 0 aromatic heterocycles. The third-order valence-corrected chi connectivity index (χ3v) is 2.17. The molecule has 16 heavy (non-hydrogen) atoms. The van der Waals surface area contributed by atoms with Crippen molar-refractivity contribution in [2.24, 2.45) is 0 Å². The zero-order valence-electron chi connectivity index (χ0n) is 9.90. The fraction of sp³-hybridized carbons (Fsp3) is 0.462. The second-order valence-corrected chi connectivity index (χ2v) is 3.95. The van der Waals surface area contributed by atoms with Crippen molar-refractivity contribution < 1.29 is 9.53 Å². The Kier molecular flexibility index (Phi) is 5.57. The van der Waals surface area contributed by atoms with E-state index in [0.29, 0.717) is 13.2 Å². The van der Waals surface area contributed by atoms with Crippen molar-refractivity contribution in [3.05, 3.63) is 35.9 Å². The van der Waals surface area contributed by atoms with Gasteiger partial charge in [-0.15, -0.1) is 0 Å². The van der Waals surface area contributed by atoms with Gasteiger partial charge in [0.25, 0.3) is 0 Å². The van der Waals surface area contributed by atoms with E-state index >= 15 is 0 Å².